The summed E-state index contributed by atoms with van der Waals surface area (Å²) in [5, 5.41) is 11.9. The Kier molecular flexibility index (Phi) is 17.7. The van der Waals surface area contributed by atoms with Gasteiger partial charge in [-0.15, -0.1) is 0 Å². The molecule has 3 heterocycles. The standard InChI is InChI=1S/C34H50N4O9S.CH4O3S/c1-7-37(8-2)16-17-48(44,45)28-13-15-38-31(28)34(43)47-32(22(3)4)24(6)11-12-29(41)35-14-9-10-23(5)18-25(39)19-26(40)20-30-36-27(21-46-30)33(38)42;1-5(2,3)4/h9-12,18,21-22,24-25,28,31-32,39H,7-8,13-17,19-20H2,1-6H3,(H,35,41);1H3,(H,2,3,4)/b10-9-,12-11-,23-18-;/t24-,25-,28-,31?,32-;/m1./s1. The molecular weight excluding hydrogens is 733 g/mol. The van der Waals surface area contributed by atoms with Crippen LogP contribution in [0.1, 0.15) is 70.8 Å². The van der Waals surface area contributed by atoms with E-state index in [9.17, 15) is 32.7 Å². The molecule has 1 fully saturated rings. The highest BCUT2D eigenvalue weighted by Crippen LogP contribution is 2.30. The lowest BCUT2D eigenvalue weighted by molar-refractivity contribution is -0.893. The van der Waals surface area contributed by atoms with E-state index in [0.29, 0.717) is 18.4 Å². The van der Waals surface area contributed by atoms with E-state index in [1.54, 1.807) is 32.1 Å². The van der Waals surface area contributed by atoms with Crippen LogP contribution in [0.4, 0.5) is 0 Å². The Hall–Kier alpha value is -3.71. The highest BCUT2D eigenvalue weighted by molar-refractivity contribution is 7.92. The van der Waals surface area contributed by atoms with E-state index in [1.165, 1.54) is 17.1 Å². The van der Waals surface area contributed by atoms with Crippen molar-refractivity contribution in [2.24, 2.45) is 11.8 Å². The molecule has 53 heavy (non-hydrogen) atoms. The van der Waals surface area contributed by atoms with Crippen molar-refractivity contribution >= 4 is 43.5 Å². The van der Waals surface area contributed by atoms with Crippen molar-refractivity contribution in [1.82, 2.24) is 15.2 Å². The molecule has 0 spiro atoms. The first-order valence-electron chi connectivity index (χ1n) is 17.6. The minimum atomic E-state index is -3.92. The van der Waals surface area contributed by atoms with E-state index in [0.717, 1.165) is 24.3 Å². The van der Waals surface area contributed by atoms with E-state index < -0.39 is 61.2 Å². The second-order valence-electron chi connectivity index (χ2n) is 13.6. The average Bonchev–Trinajstić information content (AvgIpc) is 3.71. The highest BCUT2D eigenvalue weighted by Gasteiger charge is 2.50. The van der Waals surface area contributed by atoms with Crippen molar-refractivity contribution in [2.45, 2.75) is 84.3 Å². The highest BCUT2D eigenvalue weighted by atomic mass is 32.2. The second-order valence-corrected chi connectivity index (χ2v) is 17.3. The van der Waals surface area contributed by atoms with Crippen LogP contribution in [0.5, 0.6) is 0 Å². The molecule has 1 saturated heterocycles. The van der Waals surface area contributed by atoms with Gasteiger partial charge in [-0.1, -0.05) is 50.6 Å². The third-order valence-corrected chi connectivity index (χ3v) is 11.0. The molecule has 2 bridgehead atoms. The molecule has 1 aromatic heterocycles. The van der Waals surface area contributed by atoms with Crippen LogP contribution in [0.25, 0.3) is 0 Å². The number of nitrogens with one attached hydrogen (secondary N) is 2. The molecule has 16 nitrogen and oxygen atoms in total. The molecule has 298 valence electrons. The van der Waals surface area contributed by atoms with Crippen molar-refractivity contribution in [3.8, 4) is 0 Å². The third-order valence-electron chi connectivity index (χ3n) is 8.81. The summed E-state index contributed by atoms with van der Waals surface area (Å²) in [6.07, 6.45) is 7.32. The number of esters is 1. The SMILES string of the molecule is CC[NH+](CC)CCS(=O)(=O)[C@@H]1CCN2C(=O)c3coc(n3)CC(=O)C[C@H](O)/C=C(C)\C=C/CNC(=O)/C=C\[C@@H](C)[C@@H](C(C)C)OC(=O)C12.CS(=O)(=O)[O-]. The molecule has 3 N–H and O–H groups in total. The van der Waals surface area contributed by atoms with Crippen molar-refractivity contribution < 1.29 is 59.7 Å². The number of Topliss-reactive ketones (excluding diaryl/α,β-unsaturated/α-hetero) is 1. The molecule has 2 aliphatic rings. The summed E-state index contributed by atoms with van der Waals surface area (Å²) in [7, 11) is -7.77. The van der Waals surface area contributed by atoms with Gasteiger partial charge in [0.1, 0.15) is 24.2 Å². The maximum Gasteiger partial charge on any atom is 0.330 e. The summed E-state index contributed by atoms with van der Waals surface area (Å²) in [5.41, 5.74) is 0.510. The number of aromatic nitrogens is 1. The number of aliphatic hydroxyl groups is 1. The van der Waals surface area contributed by atoms with Crippen LogP contribution in [0.15, 0.2) is 46.6 Å². The van der Waals surface area contributed by atoms with E-state index in [2.05, 4.69) is 10.3 Å². The molecule has 0 radical (unpaired) electrons. The summed E-state index contributed by atoms with van der Waals surface area (Å²) < 4.78 is 66.1. The van der Waals surface area contributed by atoms with Gasteiger partial charge in [-0.2, -0.15) is 0 Å². The van der Waals surface area contributed by atoms with Gasteiger partial charge in [0.25, 0.3) is 5.91 Å². The van der Waals surface area contributed by atoms with Gasteiger partial charge in [-0.25, -0.2) is 26.6 Å². The molecule has 0 saturated carbocycles. The predicted molar refractivity (Wildman–Crippen MR) is 194 cm³/mol. The summed E-state index contributed by atoms with van der Waals surface area (Å²) in [6.45, 7) is 13.2. The zero-order valence-electron chi connectivity index (χ0n) is 31.4. The molecule has 2 amide bonds. The van der Waals surface area contributed by atoms with Gasteiger partial charge in [-0.05, 0) is 39.2 Å². The average molecular weight is 787 g/mol. The normalized spacial score (nSPS) is 26.5. The summed E-state index contributed by atoms with van der Waals surface area (Å²) in [4.78, 5) is 59.4. The first kappa shape index (κ1) is 45.4. The number of aliphatic hydroxyl groups excluding tert-OH is 1. The Balaban J connectivity index is 0.00000181. The number of rotatable bonds is 7. The number of hydrogen-bond donors (Lipinski definition) is 3. The number of allylic oxidation sites excluding steroid dienone is 2. The van der Waals surface area contributed by atoms with E-state index >= 15 is 0 Å². The predicted octanol–water partition coefficient (Wildman–Crippen LogP) is 0.0136. The molecule has 0 aliphatic carbocycles. The van der Waals surface area contributed by atoms with Crippen molar-refractivity contribution in [1.29, 1.82) is 0 Å². The van der Waals surface area contributed by atoms with Crippen LogP contribution in [-0.4, -0.2) is 128 Å². The number of carbonyl (C=O) groups excluding carboxylic acids is 4. The number of oxazole rings is 1. The first-order valence-corrected chi connectivity index (χ1v) is 21.1. The van der Waals surface area contributed by atoms with Gasteiger partial charge in [0, 0.05) is 31.7 Å². The van der Waals surface area contributed by atoms with Crippen LogP contribution in [-0.2, 0) is 45.5 Å². The number of sulfone groups is 1. The fourth-order valence-corrected chi connectivity index (χ4v) is 8.08. The third kappa shape index (κ3) is 15.3. The molecule has 1 aromatic rings. The minimum Gasteiger partial charge on any atom is -0.748 e. The number of hydrogen-bond acceptors (Lipinski definition) is 13. The molecule has 1 unspecified atom stereocenters. The second kappa shape index (κ2) is 20.7. The lowest BCUT2D eigenvalue weighted by Gasteiger charge is -2.31. The van der Waals surface area contributed by atoms with Gasteiger partial charge in [0.15, 0.2) is 15.5 Å². The van der Waals surface area contributed by atoms with Crippen molar-refractivity contribution in [2.75, 3.05) is 44.7 Å². The van der Waals surface area contributed by atoms with Gasteiger partial charge < -0.3 is 33.9 Å². The Morgan fingerprint density at radius 2 is 1.75 bits per heavy atom. The van der Waals surface area contributed by atoms with Crippen molar-refractivity contribution in [3.63, 3.8) is 0 Å². The van der Waals surface area contributed by atoms with Crippen LogP contribution in [0, 0.1) is 11.8 Å². The topological polar surface area (TPSA) is 235 Å². The van der Waals surface area contributed by atoms with Crippen LogP contribution in [0.2, 0.25) is 0 Å². The number of quaternary nitrogens is 1. The van der Waals surface area contributed by atoms with E-state index in [-0.39, 0.29) is 67.3 Å². The summed E-state index contributed by atoms with van der Waals surface area (Å²) >= 11 is 0. The lowest BCUT2D eigenvalue weighted by atomic mass is 9.94. The number of amides is 2. The molecule has 3 rings (SSSR count). The smallest absolute Gasteiger partial charge is 0.330 e. The minimum absolute atomic E-state index is 0.0321. The van der Waals surface area contributed by atoms with Gasteiger partial charge in [0.2, 0.25) is 11.8 Å². The quantitative estimate of drug-likeness (QED) is 0.245. The van der Waals surface area contributed by atoms with Gasteiger partial charge >= 0.3 is 5.97 Å². The van der Waals surface area contributed by atoms with Gasteiger partial charge in [-0.3, -0.25) is 14.4 Å². The number of fused-ring (bicyclic) bond motifs is 3. The maximum absolute atomic E-state index is 14.0. The first-order chi connectivity index (χ1) is 24.7. The number of carbonyl (C=O) groups is 4. The van der Waals surface area contributed by atoms with Crippen LogP contribution >= 0.6 is 0 Å². The Morgan fingerprint density at radius 1 is 1.11 bits per heavy atom. The zero-order chi connectivity index (χ0) is 40.1. The largest absolute Gasteiger partial charge is 0.748 e. The summed E-state index contributed by atoms with van der Waals surface area (Å²) in [6, 6.07) is -1.43. The summed E-state index contributed by atoms with van der Waals surface area (Å²) in [5.74, 6) is -3.16. The number of ether oxygens (including phenoxy) is 1. The zero-order valence-corrected chi connectivity index (χ0v) is 33.1. The van der Waals surface area contributed by atoms with Crippen molar-refractivity contribution in [3.05, 3.63) is 53.8 Å². The van der Waals surface area contributed by atoms with E-state index in [4.69, 9.17) is 22.1 Å². The Bertz CT molecular complexity index is 1720. The number of ketones is 1. The molecule has 2 aliphatic heterocycles. The van der Waals surface area contributed by atoms with Crippen LogP contribution < -0.4 is 10.2 Å². The molecule has 5 atom stereocenters. The maximum atomic E-state index is 14.0. The molecule has 0 aromatic carbocycles. The monoisotopic (exact) mass is 786 g/mol. The lowest BCUT2D eigenvalue weighted by Crippen LogP contribution is -3.12. The Labute approximate surface area is 312 Å². The fourth-order valence-electron chi connectivity index (χ4n) is 6.08. The molecule has 18 heteroatoms. The molecular formula is C35H54N4O12S2. The van der Waals surface area contributed by atoms with Crippen LogP contribution in [0.3, 0.4) is 0 Å². The number of cyclic esters (lactones) is 1. The Morgan fingerprint density at radius 3 is 2.36 bits per heavy atom. The number of nitrogens with zero attached hydrogens (tertiary/aromatic N) is 2. The fraction of sp³-hybridized carbons (Fsp3) is 0.629. The van der Waals surface area contributed by atoms with E-state index in [1.807, 2.05) is 27.7 Å². The van der Waals surface area contributed by atoms with Gasteiger partial charge in [0.05, 0.1) is 53.3 Å².